The lowest BCUT2D eigenvalue weighted by Crippen LogP contribution is -2.02. The average Bonchev–Trinajstić information content (AvgIpc) is 2.67. The highest BCUT2D eigenvalue weighted by molar-refractivity contribution is 7.85. The van der Waals surface area contributed by atoms with Crippen LogP contribution in [0.15, 0.2) is 82.6 Å². The highest BCUT2D eigenvalue weighted by Crippen LogP contribution is 2.27. The van der Waals surface area contributed by atoms with Crippen LogP contribution in [-0.4, -0.2) is 22.4 Å². The molecule has 0 saturated heterocycles. The fraction of sp³-hybridized carbons (Fsp3) is 0.0952. The minimum atomic E-state index is -1.44. The molecule has 0 aromatic heterocycles. The number of rotatable bonds is 6. The molecule has 0 amide bonds. The topological polar surface area (TPSA) is 63.6 Å². The monoisotopic (exact) mass is 366 g/mol. The third kappa shape index (κ3) is 4.18. The molecule has 0 fully saturated rings. The van der Waals surface area contributed by atoms with Crippen LogP contribution >= 0.6 is 0 Å². The average molecular weight is 366 g/mol. The molecule has 0 spiro atoms. The largest absolute Gasteiger partial charge is 0.497 e. The Morgan fingerprint density at radius 1 is 0.923 bits per heavy atom. The number of aliphatic carboxylic acids is 1. The molecule has 0 radical (unpaired) electrons. The Hall–Kier alpha value is -2.92. The molecular formula is C21H18O4S. The molecule has 1 N–H and O–H groups in total. The Kier molecular flexibility index (Phi) is 5.49. The van der Waals surface area contributed by atoms with Gasteiger partial charge in [-0.2, -0.15) is 0 Å². The van der Waals surface area contributed by atoms with Crippen molar-refractivity contribution in [1.82, 2.24) is 0 Å². The minimum Gasteiger partial charge on any atom is -0.497 e. The van der Waals surface area contributed by atoms with E-state index in [0.29, 0.717) is 21.1 Å². The van der Waals surface area contributed by atoms with Crippen molar-refractivity contribution in [2.75, 3.05) is 7.11 Å². The smallest absolute Gasteiger partial charge is 0.307 e. The van der Waals surface area contributed by atoms with Gasteiger partial charge < -0.3 is 9.84 Å². The van der Waals surface area contributed by atoms with E-state index in [1.807, 2.05) is 48.5 Å². The fourth-order valence-corrected chi connectivity index (χ4v) is 3.88. The maximum atomic E-state index is 13.0. The van der Waals surface area contributed by atoms with Crippen LogP contribution in [0.4, 0.5) is 0 Å². The molecule has 0 aliphatic heterocycles. The summed E-state index contributed by atoms with van der Waals surface area (Å²) >= 11 is 0. The summed E-state index contributed by atoms with van der Waals surface area (Å²) in [5, 5.41) is 9.02. The van der Waals surface area contributed by atoms with Crippen molar-refractivity contribution in [2.45, 2.75) is 16.2 Å². The normalized spacial score (nSPS) is 11.7. The second-order valence-corrected chi connectivity index (χ2v) is 7.23. The fourth-order valence-electron chi connectivity index (χ4n) is 2.69. The van der Waals surface area contributed by atoms with E-state index in [1.165, 1.54) is 7.11 Å². The third-order valence-corrected chi connectivity index (χ3v) is 5.25. The van der Waals surface area contributed by atoms with Crippen molar-refractivity contribution in [3.63, 3.8) is 0 Å². The van der Waals surface area contributed by atoms with Crippen LogP contribution in [-0.2, 0) is 22.0 Å². The molecule has 3 rings (SSSR count). The minimum absolute atomic E-state index is 0.147. The van der Waals surface area contributed by atoms with E-state index in [0.717, 1.165) is 11.1 Å². The standard InChI is InChI=1S/C21H18O4S/c1-25-18-10-15(12-21(22)23)11-20(14-18)26(24)19-9-5-8-17(13-19)16-6-3-2-4-7-16/h2-11,13-14H,12H2,1H3,(H,22,23). The van der Waals surface area contributed by atoms with Gasteiger partial charge in [-0.1, -0.05) is 42.5 Å². The number of hydrogen-bond acceptors (Lipinski definition) is 3. The molecule has 4 nitrogen and oxygen atoms in total. The second-order valence-electron chi connectivity index (χ2n) is 5.75. The number of hydrogen-bond donors (Lipinski definition) is 1. The predicted molar refractivity (Wildman–Crippen MR) is 101 cm³/mol. The lowest BCUT2D eigenvalue weighted by atomic mass is 10.1. The van der Waals surface area contributed by atoms with Crippen LogP contribution in [0, 0.1) is 0 Å². The molecule has 0 bridgehead atoms. The van der Waals surface area contributed by atoms with E-state index >= 15 is 0 Å². The molecule has 0 heterocycles. The molecule has 1 atom stereocenters. The van der Waals surface area contributed by atoms with Gasteiger partial charge in [-0.3, -0.25) is 4.79 Å². The summed E-state index contributed by atoms with van der Waals surface area (Å²) in [6.07, 6.45) is -0.147. The first kappa shape index (κ1) is 17.9. The van der Waals surface area contributed by atoms with Crippen molar-refractivity contribution in [1.29, 1.82) is 0 Å². The van der Waals surface area contributed by atoms with E-state index in [4.69, 9.17) is 9.84 Å². The molecule has 0 aliphatic carbocycles. The molecule has 3 aromatic carbocycles. The summed E-state index contributed by atoms with van der Waals surface area (Å²) in [7, 11) is 0.0618. The van der Waals surface area contributed by atoms with Gasteiger partial charge in [0.15, 0.2) is 0 Å². The predicted octanol–water partition coefficient (Wildman–Crippen LogP) is 4.16. The lowest BCUT2D eigenvalue weighted by Gasteiger charge is -2.09. The molecule has 0 saturated carbocycles. The summed E-state index contributed by atoms with van der Waals surface area (Å²) in [6, 6.07) is 22.4. The maximum absolute atomic E-state index is 13.0. The molecule has 1 unspecified atom stereocenters. The zero-order chi connectivity index (χ0) is 18.5. The van der Waals surface area contributed by atoms with Crippen LogP contribution in [0.1, 0.15) is 5.56 Å². The second kappa shape index (κ2) is 7.97. The Morgan fingerprint density at radius 3 is 2.35 bits per heavy atom. The van der Waals surface area contributed by atoms with Crippen LogP contribution in [0.25, 0.3) is 11.1 Å². The van der Waals surface area contributed by atoms with Crippen LogP contribution in [0.5, 0.6) is 5.75 Å². The highest BCUT2D eigenvalue weighted by Gasteiger charge is 2.13. The zero-order valence-corrected chi connectivity index (χ0v) is 15.0. The van der Waals surface area contributed by atoms with E-state index < -0.39 is 16.8 Å². The number of carboxylic acids is 1. The van der Waals surface area contributed by atoms with E-state index in [1.54, 1.807) is 24.3 Å². The molecule has 0 aliphatic rings. The third-order valence-electron chi connectivity index (χ3n) is 3.90. The van der Waals surface area contributed by atoms with Gasteiger partial charge in [0.25, 0.3) is 0 Å². The number of benzene rings is 3. The number of methoxy groups -OCH3 is 1. The lowest BCUT2D eigenvalue weighted by molar-refractivity contribution is -0.136. The quantitative estimate of drug-likeness (QED) is 0.712. The molecular weight excluding hydrogens is 348 g/mol. The van der Waals surface area contributed by atoms with E-state index in [-0.39, 0.29) is 6.42 Å². The van der Waals surface area contributed by atoms with Crippen molar-refractivity contribution in [2.24, 2.45) is 0 Å². The summed E-state index contributed by atoms with van der Waals surface area (Å²) < 4.78 is 18.3. The Labute approximate surface area is 154 Å². The summed E-state index contributed by atoms with van der Waals surface area (Å²) in [4.78, 5) is 12.2. The molecule has 3 aromatic rings. The van der Waals surface area contributed by atoms with Crippen LogP contribution < -0.4 is 4.74 Å². The SMILES string of the molecule is COc1cc(CC(=O)O)cc(S(=O)c2cccc(-c3ccccc3)c2)c1. The molecule has 132 valence electrons. The maximum Gasteiger partial charge on any atom is 0.307 e. The first-order valence-corrected chi connectivity index (χ1v) is 9.19. The van der Waals surface area contributed by atoms with Crippen molar-refractivity contribution < 1.29 is 18.8 Å². The Bertz CT molecular complexity index is 951. The van der Waals surface area contributed by atoms with Gasteiger partial charge >= 0.3 is 5.97 Å². The zero-order valence-electron chi connectivity index (χ0n) is 14.2. The first-order chi connectivity index (χ1) is 12.6. The van der Waals surface area contributed by atoms with Crippen molar-refractivity contribution in [3.8, 4) is 16.9 Å². The summed E-state index contributed by atoms with van der Waals surface area (Å²) in [5.74, 6) is -0.452. The number of carbonyl (C=O) groups is 1. The molecule has 26 heavy (non-hydrogen) atoms. The van der Waals surface area contributed by atoms with Gasteiger partial charge in [-0.15, -0.1) is 0 Å². The van der Waals surface area contributed by atoms with Gasteiger partial charge in [0.1, 0.15) is 5.75 Å². The molecule has 5 heteroatoms. The number of carboxylic acid groups (broad SMARTS) is 1. The summed E-state index contributed by atoms with van der Waals surface area (Å²) in [5.41, 5.74) is 2.58. The van der Waals surface area contributed by atoms with Gasteiger partial charge in [0.05, 0.1) is 24.3 Å². The van der Waals surface area contributed by atoms with Crippen LogP contribution in [0.3, 0.4) is 0 Å². The van der Waals surface area contributed by atoms with Crippen molar-refractivity contribution >= 4 is 16.8 Å². The Balaban J connectivity index is 1.98. The Morgan fingerprint density at radius 2 is 1.65 bits per heavy atom. The van der Waals surface area contributed by atoms with Gasteiger partial charge in [0, 0.05) is 9.79 Å². The van der Waals surface area contributed by atoms with Crippen LogP contribution in [0.2, 0.25) is 0 Å². The van der Waals surface area contributed by atoms with E-state index in [2.05, 4.69) is 0 Å². The van der Waals surface area contributed by atoms with Gasteiger partial charge in [0.2, 0.25) is 0 Å². The van der Waals surface area contributed by atoms with E-state index in [9.17, 15) is 9.00 Å². The van der Waals surface area contributed by atoms with Crippen molar-refractivity contribution in [3.05, 3.63) is 78.4 Å². The van der Waals surface area contributed by atoms with Gasteiger partial charge in [-0.05, 0) is 47.0 Å². The summed E-state index contributed by atoms with van der Waals surface area (Å²) in [6.45, 7) is 0. The highest BCUT2D eigenvalue weighted by atomic mass is 32.2. The first-order valence-electron chi connectivity index (χ1n) is 8.04. The number of ether oxygens (including phenoxy) is 1. The van der Waals surface area contributed by atoms with Gasteiger partial charge in [-0.25, -0.2) is 4.21 Å².